The number of nitrogens with zero attached hydrogens (tertiary/aromatic N) is 1. The Kier molecular flexibility index (Phi) is 8.00. The maximum Gasteiger partial charge on any atom is 0.320 e. The number of carbonyl (C=O) groups excluding carboxylic acids is 3. The van der Waals surface area contributed by atoms with Crippen molar-refractivity contribution in [2.75, 3.05) is 7.11 Å². The highest BCUT2D eigenvalue weighted by atomic mass is 32.1. The number of likely N-dealkylation sites (tertiary alicyclic amines) is 1. The predicted molar refractivity (Wildman–Crippen MR) is 145 cm³/mol. The standard InChI is InChI=1S/C30H36N2O5S/c1-20-30(29(35)36-2)17-23(15-27(33)31-18-24-13-8-14-38-24)28(34)32(19-21-9-4-3-5-10-21)26(30)16-25(37-20)22-11-6-7-12-22/h3-5,8-10,13-14,16,20,22-23,25H,6-7,11-12,15,17-19H2,1-2H3,(H,31,33)/t20-,23+,25-,30+/m1/s1. The fraction of sp³-hybridized carbons (Fsp3) is 0.500. The molecule has 0 radical (unpaired) electrons. The van der Waals surface area contributed by atoms with Crippen LogP contribution in [0.2, 0.25) is 0 Å². The summed E-state index contributed by atoms with van der Waals surface area (Å²) in [6, 6.07) is 13.7. The fourth-order valence-corrected chi connectivity index (χ4v) is 7.02. The van der Waals surface area contributed by atoms with Crippen LogP contribution in [0.1, 0.15) is 55.9 Å². The number of thiophene rings is 1. The van der Waals surface area contributed by atoms with Gasteiger partial charge in [-0.15, -0.1) is 11.3 Å². The first-order valence-corrected chi connectivity index (χ1v) is 14.4. The maximum atomic E-state index is 14.1. The van der Waals surface area contributed by atoms with E-state index in [1.165, 1.54) is 20.0 Å². The van der Waals surface area contributed by atoms with Crippen LogP contribution in [0.25, 0.3) is 0 Å². The summed E-state index contributed by atoms with van der Waals surface area (Å²) in [7, 11) is 1.38. The number of amides is 2. The number of nitrogens with one attached hydrogen (secondary N) is 1. The van der Waals surface area contributed by atoms with Crippen molar-refractivity contribution in [3.63, 3.8) is 0 Å². The summed E-state index contributed by atoms with van der Waals surface area (Å²) >= 11 is 1.57. The number of ether oxygens (including phenoxy) is 2. The summed E-state index contributed by atoms with van der Waals surface area (Å²) in [6.45, 7) is 2.65. The van der Waals surface area contributed by atoms with E-state index in [0.29, 0.717) is 24.7 Å². The first-order chi connectivity index (χ1) is 18.4. The Morgan fingerprint density at radius 2 is 1.92 bits per heavy atom. The van der Waals surface area contributed by atoms with Crippen molar-refractivity contribution in [3.8, 4) is 0 Å². The molecular formula is C30H36N2O5S. The van der Waals surface area contributed by atoms with Crippen LogP contribution in [-0.2, 0) is 36.9 Å². The molecule has 2 fully saturated rings. The lowest BCUT2D eigenvalue weighted by Gasteiger charge is -2.52. The lowest BCUT2D eigenvalue weighted by molar-refractivity contribution is -0.178. The smallest absolute Gasteiger partial charge is 0.320 e. The predicted octanol–water partition coefficient (Wildman–Crippen LogP) is 4.82. The number of fused-ring (bicyclic) bond motifs is 1. The molecule has 202 valence electrons. The molecule has 8 heteroatoms. The third kappa shape index (κ3) is 5.16. The lowest BCUT2D eigenvalue weighted by Crippen LogP contribution is -2.60. The monoisotopic (exact) mass is 536 g/mol. The van der Waals surface area contributed by atoms with Crippen molar-refractivity contribution in [1.82, 2.24) is 10.2 Å². The minimum atomic E-state index is -1.16. The van der Waals surface area contributed by atoms with Crippen LogP contribution in [0.5, 0.6) is 0 Å². The number of methoxy groups -OCH3 is 1. The quantitative estimate of drug-likeness (QED) is 0.489. The minimum absolute atomic E-state index is 0.000294. The number of hydrogen-bond acceptors (Lipinski definition) is 6. The highest BCUT2D eigenvalue weighted by Gasteiger charge is 2.60. The van der Waals surface area contributed by atoms with Gasteiger partial charge in [0.1, 0.15) is 5.41 Å². The zero-order valence-corrected chi connectivity index (χ0v) is 22.9. The topological polar surface area (TPSA) is 84.9 Å². The molecule has 0 bridgehead atoms. The molecule has 1 aliphatic carbocycles. The number of esters is 1. The molecule has 3 aliphatic rings. The van der Waals surface area contributed by atoms with Gasteiger partial charge < -0.3 is 19.7 Å². The van der Waals surface area contributed by atoms with Gasteiger partial charge in [-0.3, -0.25) is 14.4 Å². The number of carbonyl (C=O) groups is 3. The van der Waals surface area contributed by atoms with E-state index < -0.39 is 23.4 Å². The van der Waals surface area contributed by atoms with Gasteiger partial charge in [-0.2, -0.15) is 0 Å². The molecule has 4 atom stereocenters. The summed E-state index contributed by atoms with van der Waals surface area (Å²) in [4.78, 5) is 43.4. The van der Waals surface area contributed by atoms with E-state index in [-0.39, 0.29) is 30.8 Å². The summed E-state index contributed by atoms with van der Waals surface area (Å²) in [6.07, 6.45) is 6.03. The molecule has 2 aliphatic heterocycles. The maximum absolute atomic E-state index is 14.1. The Morgan fingerprint density at radius 3 is 2.61 bits per heavy atom. The van der Waals surface area contributed by atoms with Crippen molar-refractivity contribution < 1.29 is 23.9 Å². The summed E-state index contributed by atoms with van der Waals surface area (Å²) in [5, 5.41) is 4.90. The zero-order valence-electron chi connectivity index (χ0n) is 22.1. The SMILES string of the molecule is COC(=O)[C@]12C[C@H](CC(=O)NCc3cccs3)C(=O)N(Cc3ccccc3)C1=C[C@H](C1CCCC1)O[C@@H]2C. The van der Waals surface area contributed by atoms with Crippen LogP contribution in [0.3, 0.4) is 0 Å². The third-order valence-corrected chi connectivity index (χ3v) is 9.25. The number of hydrogen-bond donors (Lipinski definition) is 1. The second kappa shape index (κ2) is 11.4. The molecule has 7 nitrogen and oxygen atoms in total. The second-order valence-corrected chi connectivity index (χ2v) is 11.7. The Morgan fingerprint density at radius 1 is 1.16 bits per heavy atom. The van der Waals surface area contributed by atoms with Gasteiger partial charge in [0.05, 0.1) is 32.4 Å². The second-order valence-electron chi connectivity index (χ2n) is 10.7. The van der Waals surface area contributed by atoms with E-state index in [0.717, 1.165) is 23.3 Å². The molecule has 38 heavy (non-hydrogen) atoms. The molecule has 1 aromatic heterocycles. The van der Waals surface area contributed by atoms with Gasteiger partial charge in [-0.25, -0.2) is 0 Å². The molecule has 1 saturated heterocycles. The van der Waals surface area contributed by atoms with Crippen LogP contribution in [0.15, 0.2) is 59.6 Å². The van der Waals surface area contributed by atoms with E-state index in [2.05, 4.69) is 5.32 Å². The van der Waals surface area contributed by atoms with Crippen molar-refractivity contribution >= 4 is 29.1 Å². The van der Waals surface area contributed by atoms with Crippen LogP contribution in [0.4, 0.5) is 0 Å². The van der Waals surface area contributed by atoms with E-state index in [9.17, 15) is 14.4 Å². The molecule has 2 amide bonds. The Hall–Kier alpha value is -2.97. The fourth-order valence-electron chi connectivity index (χ4n) is 6.37. The van der Waals surface area contributed by atoms with E-state index in [1.807, 2.05) is 60.8 Å². The van der Waals surface area contributed by atoms with Crippen molar-refractivity contribution in [2.24, 2.45) is 17.3 Å². The highest BCUT2D eigenvalue weighted by Crippen LogP contribution is 2.52. The van der Waals surface area contributed by atoms with Crippen LogP contribution < -0.4 is 5.32 Å². The van der Waals surface area contributed by atoms with E-state index >= 15 is 0 Å². The average Bonchev–Trinajstić information content (AvgIpc) is 3.65. The van der Waals surface area contributed by atoms with Crippen LogP contribution >= 0.6 is 11.3 Å². The normalized spacial score (nSPS) is 27.5. The Balaban J connectivity index is 1.49. The third-order valence-electron chi connectivity index (χ3n) is 8.38. The lowest BCUT2D eigenvalue weighted by atomic mass is 9.66. The van der Waals surface area contributed by atoms with E-state index in [4.69, 9.17) is 9.47 Å². The molecule has 1 saturated carbocycles. The zero-order chi connectivity index (χ0) is 26.7. The van der Waals surface area contributed by atoms with Crippen molar-refractivity contribution in [3.05, 3.63) is 70.1 Å². The molecular weight excluding hydrogens is 500 g/mol. The van der Waals surface area contributed by atoms with Gasteiger partial charge in [0.25, 0.3) is 0 Å². The Labute approximate surface area is 228 Å². The molecule has 0 spiro atoms. The number of rotatable bonds is 8. The minimum Gasteiger partial charge on any atom is -0.468 e. The molecule has 2 aromatic rings. The first-order valence-electron chi connectivity index (χ1n) is 13.5. The van der Waals surface area contributed by atoms with Crippen LogP contribution in [-0.4, -0.2) is 42.0 Å². The highest BCUT2D eigenvalue weighted by molar-refractivity contribution is 7.09. The van der Waals surface area contributed by atoms with Crippen molar-refractivity contribution in [2.45, 2.75) is 70.7 Å². The molecule has 5 rings (SSSR count). The number of benzene rings is 1. The van der Waals surface area contributed by atoms with Gasteiger partial charge >= 0.3 is 5.97 Å². The Bertz CT molecular complexity index is 1170. The van der Waals surface area contributed by atoms with Crippen molar-refractivity contribution in [1.29, 1.82) is 0 Å². The molecule has 3 heterocycles. The summed E-state index contributed by atoms with van der Waals surface area (Å²) in [5.41, 5.74) is 0.467. The number of piperidine rings is 1. The molecule has 1 aromatic carbocycles. The van der Waals surface area contributed by atoms with Crippen LogP contribution in [0, 0.1) is 17.3 Å². The van der Waals surface area contributed by atoms with Gasteiger partial charge in [0.2, 0.25) is 11.8 Å². The van der Waals surface area contributed by atoms with Gasteiger partial charge in [0, 0.05) is 22.9 Å². The molecule has 0 unspecified atom stereocenters. The first kappa shape index (κ1) is 26.6. The summed E-state index contributed by atoms with van der Waals surface area (Å²) in [5.74, 6) is -1.07. The van der Waals surface area contributed by atoms with Gasteiger partial charge in [-0.1, -0.05) is 49.2 Å². The molecule has 1 N–H and O–H groups in total. The van der Waals surface area contributed by atoms with Gasteiger partial charge in [-0.05, 0) is 55.2 Å². The average molecular weight is 537 g/mol. The summed E-state index contributed by atoms with van der Waals surface area (Å²) < 4.78 is 11.9. The largest absolute Gasteiger partial charge is 0.468 e. The van der Waals surface area contributed by atoms with E-state index in [1.54, 1.807) is 16.2 Å². The van der Waals surface area contributed by atoms with Gasteiger partial charge in [0.15, 0.2) is 0 Å².